The molecule has 1 aromatic carbocycles. The van der Waals surface area contributed by atoms with Gasteiger partial charge in [0.2, 0.25) is 0 Å². The lowest BCUT2D eigenvalue weighted by Crippen LogP contribution is -2.30. The van der Waals surface area contributed by atoms with Crippen LogP contribution in [0.15, 0.2) is 28.7 Å². The molecule has 1 aromatic heterocycles. The average Bonchev–Trinajstić information content (AvgIpc) is 2.58. The van der Waals surface area contributed by atoms with E-state index in [1.54, 1.807) is 11.3 Å². The molecule has 2 rings (SSSR count). The zero-order valence-corrected chi connectivity index (χ0v) is 10.9. The monoisotopic (exact) mass is 298 g/mol. The van der Waals surface area contributed by atoms with Crippen LogP contribution in [-0.4, -0.2) is 12.6 Å². The van der Waals surface area contributed by atoms with Gasteiger partial charge in [0.05, 0.1) is 0 Å². The molecule has 0 unspecified atom stereocenters. The van der Waals surface area contributed by atoms with Crippen LogP contribution < -0.4 is 11.1 Å². The minimum atomic E-state index is -0.469. The first kappa shape index (κ1) is 11.4. The Balaban J connectivity index is 2.10. The lowest BCUT2D eigenvalue weighted by Gasteiger charge is -1.97. The molecule has 0 aliphatic rings. The van der Waals surface area contributed by atoms with E-state index >= 15 is 0 Å². The lowest BCUT2D eigenvalue weighted by molar-refractivity contribution is 0.249. The molecule has 1 heterocycles. The third kappa shape index (κ3) is 2.74. The lowest BCUT2D eigenvalue weighted by atomic mass is 10.2. The molecule has 2 amide bonds. The van der Waals surface area contributed by atoms with Gasteiger partial charge in [-0.1, -0.05) is 15.9 Å². The number of carbonyl (C=O) groups is 1. The molecule has 0 bridgehead atoms. The van der Waals surface area contributed by atoms with Crippen molar-refractivity contribution >= 4 is 43.4 Å². The van der Waals surface area contributed by atoms with Crippen molar-refractivity contribution in [1.29, 1.82) is 0 Å². The Hall–Kier alpha value is -1.07. The van der Waals surface area contributed by atoms with Crippen LogP contribution in [0.5, 0.6) is 0 Å². The van der Waals surface area contributed by atoms with E-state index in [1.165, 1.54) is 15.0 Å². The van der Waals surface area contributed by atoms with Crippen molar-refractivity contribution in [3.63, 3.8) is 0 Å². The number of benzene rings is 1. The zero-order chi connectivity index (χ0) is 11.5. The summed E-state index contributed by atoms with van der Waals surface area (Å²) in [4.78, 5) is 11.8. The number of fused-ring (bicyclic) bond motifs is 1. The van der Waals surface area contributed by atoms with Crippen molar-refractivity contribution in [2.24, 2.45) is 5.73 Å². The molecule has 84 valence electrons. The summed E-state index contributed by atoms with van der Waals surface area (Å²) in [5.74, 6) is 0. The first-order chi connectivity index (χ1) is 7.65. The predicted octanol–water partition coefficient (Wildman–Crippen LogP) is 2.87. The number of amides is 2. The highest BCUT2D eigenvalue weighted by Gasteiger charge is 2.02. The summed E-state index contributed by atoms with van der Waals surface area (Å²) in [6.07, 6.45) is 0.819. The van der Waals surface area contributed by atoms with Crippen LogP contribution in [0.3, 0.4) is 0 Å². The van der Waals surface area contributed by atoms with Crippen LogP contribution in [-0.2, 0) is 6.42 Å². The Bertz CT molecular complexity index is 524. The number of rotatable bonds is 3. The quantitative estimate of drug-likeness (QED) is 0.899. The van der Waals surface area contributed by atoms with E-state index in [-0.39, 0.29) is 0 Å². The largest absolute Gasteiger partial charge is 0.352 e. The van der Waals surface area contributed by atoms with Crippen LogP contribution in [0.2, 0.25) is 0 Å². The smallest absolute Gasteiger partial charge is 0.312 e. The molecule has 0 aliphatic heterocycles. The highest BCUT2D eigenvalue weighted by atomic mass is 79.9. The van der Waals surface area contributed by atoms with Gasteiger partial charge in [-0.25, -0.2) is 4.79 Å². The molecule has 0 saturated carbocycles. The Labute approximate surface area is 106 Å². The number of thiophene rings is 1. The molecule has 0 atom stereocenters. The minimum absolute atomic E-state index is 0.469. The van der Waals surface area contributed by atoms with E-state index < -0.39 is 6.03 Å². The summed E-state index contributed by atoms with van der Waals surface area (Å²) in [5, 5.41) is 3.82. The van der Waals surface area contributed by atoms with Crippen LogP contribution in [0.1, 0.15) is 4.88 Å². The maximum Gasteiger partial charge on any atom is 0.312 e. The number of hydrogen-bond acceptors (Lipinski definition) is 2. The molecule has 5 heteroatoms. The second-order valence-corrected chi connectivity index (χ2v) is 5.52. The van der Waals surface area contributed by atoms with Crippen LogP contribution in [0.25, 0.3) is 10.1 Å². The van der Waals surface area contributed by atoms with Gasteiger partial charge in [0.25, 0.3) is 0 Å². The van der Waals surface area contributed by atoms with E-state index in [9.17, 15) is 4.79 Å². The summed E-state index contributed by atoms with van der Waals surface area (Å²) in [6.45, 7) is 0.587. The third-order valence-electron chi connectivity index (χ3n) is 2.20. The molecule has 0 aliphatic carbocycles. The van der Waals surface area contributed by atoms with E-state index in [0.717, 1.165) is 10.9 Å². The molecule has 2 aromatic rings. The molecule has 16 heavy (non-hydrogen) atoms. The second-order valence-electron chi connectivity index (χ2n) is 3.44. The van der Waals surface area contributed by atoms with Crippen molar-refractivity contribution in [1.82, 2.24) is 5.32 Å². The van der Waals surface area contributed by atoms with Crippen LogP contribution in [0, 0.1) is 0 Å². The summed E-state index contributed by atoms with van der Waals surface area (Å²) in [6, 6.07) is 7.90. The fraction of sp³-hybridized carbons (Fsp3) is 0.182. The molecular formula is C11H11BrN2OS. The Morgan fingerprint density at radius 1 is 1.44 bits per heavy atom. The summed E-state index contributed by atoms with van der Waals surface area (Å²) in [5.41, 5.74) is 5.00. The normalized spacial score (nSPS) is 10.6. The molecule has 0 spiro atoms. The number of nitrogens with one attached hydrogen (secondary N) is 1. The Kier molecular flexibility index (Phi) is 3.46. The number of primary amides is 1. The van der Waals surface area contributed by atoms with Gasteiger partial charge in [-0.05, 0) is 36.1 Å². The van der Waals surface area contributed by atoms with Gasteiger partial charge in [-0.15, -0.1) is 11.3 Å². The van der Waals surface area contributed by atoms with Gasteiger partial charge in [-0.3, -0.25) is 0 Å². The van der Waals surface area contributed by atoms with Crippen molar-refractivity contribution in [3.05, 3.63) is 33.6 Å². The third-order valence-corrected chi connectivity index (χ3v) is 3.87. The number of carbonyl (C=O) groups excluding carboxylic acids is 1. The first-order valence-corrected chi connectivity index (χ1v) is 6.47. The number of halogens is 1. The summed E-state index contributed by atoms with van der Waals surface area (Å²) < 4.78 is 2.34. The highest BCUT2D eigenvalue weighted by Crippen LogP contribution is 2.28. The first-order valence-electron chi connectivity index (χ1n) is 4.86. The van der Waals surface area contributed by atoms with E-state index in [4.69, 9.17) is 5.73 Å². The van der Waals surface area contributed by atoms with Gasteiger partial charge in [-0.2, -0.15) is 0 Å². The fourth-order valence-electron chi connectivity index (χ4n) is 1.50. The van der Waals surface area contributed by atoms with Gasteiger partial charge >= 0.3 is 6.03 Å². The van der Waals surface area contributed by atoms with Gasteiger partial charge in [0.15, 0.2) is 0 Å². The molecule has 0 fully saturated rings. The van der Waals surface area contributed by atoms with Gasteiger partial charge in [0, 0.05) is 20.6 Å². The molecule has 0 radical (unpaired) electrons. The van der Waals surface area contributed by atoms with Crippen LogP contribution in [0.4, 0.5) is 4.79 Å². The number of nitrogens with two attached hydrogens (primary N) is 1. The van der Waals surface area contributed by atoms with Gasteiger partial charge < -0.3 is 11.1 Å². The molecule has 3 N–H and O–H groups in total. The SMILES string of the molecule is NC(=O)NCCc1cc2cc(Br)ccc2s1. The van der Waals surface area contributed by atoms with Crippen molar-refractivity contribution in [2.45, 2.75) is 6.42 Å². The maximum absolute atomic E-state index is 10.5. The van der Waals surface area contributed by atoms with Crippen LogP contribution >= 0.6 is 27.3 Å². The molecular weight excluding hydrogens is 288 g/mol. The van der Waals surface area contributed by atoms with E-state index in [1.807, 2.05) is 6.07 Å². The highest BCUT2D eigenvalue weighted by molar-refractivity contribution is 9.10. The maximum atomic E-state index is 10.5. The standard InChI is InChI=1S/C11H11BrN2OS/c12-8-1-2-10-7(5-8)6-9(16-10)3-4-14-11(13)15/h1-2,5-6H,3-4H2,(H3,13,14,15). The number of urea groups is 1. The van der Waals surface area contributed by atoms with Crippen molar-refractivity contribution in [2.75, 3.05) is 6.54 Å². The van der Waals surface area contributed by atoms with Crippen molar-refractivity contribution in [3.8, 4) is 0 Å². The topological polar surface area (TPSA) is 55.1 Å². The molecule has 0 saturated heterocycles. The Morgan fingerprint density at radius 3 is 3.00 bits per heavy atom. The van der Waals surface area contributed by atoms with Crippen molar-refractivity contribution < 1.29 is 4.79 Å². The van der Waals surface area contributed by atoms with E-state index in [2.05, 4.69) is 39.4 Å². The van der Waals surface area contributed by atoms with E-state index in [0.29, 0.717) is 6.54 Å². The average molecular weight is 299 g/mol. The Morgan fingerprint density at radius 2 is 2.25 bits per heavy atom. The zero-order valence-electron chi connectivity index (χ0n) is 8.50. The molecule has 3 nitrogen and oxygen atoms in total. The number of hydrogen-bond donors (Lipinski definition) is 2. The summed E-state index contributed by atoms with van der Waals surface area (Å²) >= 11 is 5.19. The summed E-state index contributed by atoms with van der Waals surface area (Å²) in [7, 11) is 0. The predicted molar refractivity (Wildman–Crippen MR) is 70.8 cm³/mol. The minimum Gasteiger partial charge on any atom is -0.352 e. The van der Waals surface area contributed by atoms with Gasteiger partial charge in [0.1, 0.15) is 0 Å². The fourth-order valence-corrected chi connectivity index (χ4v) is 2.92. The second kappa shape index (κ2) is 4.84.